The fraction of sp³-hybridized carbons (Fsp3) is 0.800. The smallest absolute Gasteiger partial charge is 0.225 e. The molecule has 4 rings (SSSR count). The Morgan fingerprint density at radius 1 is 1.04 bits per heavy atom. The number of aromatic nitrogens is 1. The van der Waals surface area contributed by atoms with Crippen molar-refractivity contribution in [2.45, 2.75) is 70.9 Å². The first-order chi connectivity index (χ1) is 12.6. The number of nitrogens with one attached hydrogen (secondary N) is 1. The van der Waals surface area contributed by atoms with Gasteiger partial charge in [0.05, 0.1) is 0 Å². The minimum atomic E-state index is 0.216. The predicted octanol–water partition coefficient (Wildman–Crippen LogP) is 2.96. The first-order valence-electron chi connectivity index (χ1n) is 10.3. The van der Waals surface area contributed by atoms with Crippen molar-refractivity contribution in [1.82, 2.24) is 15.0 Å². The van der Waals surface area contributed by atoms with Gasteiger partial charge < -0.3 is 14.7 Å². The van der Waals surface area contributed by atoms with E-state index in [9.17, 15) is 4.79 Å². The van der Waals surface area contributed by atoms with Crippen LogP contribution in [0, 0.1) is 19.8 Å². The summed E-state index contributed by atoms with van der Waals surface area (Å²) in [5.41, 5.74) is 1.96. The standard InChI is InChI=1S/C20H32N4O2/c1-14-19(15(2)26-22-14)21-17-8-6-16(7-9-17)20(25)24-12-10-23(11-13-24)18-4-3-5-18/h16-18,21H,3-13H2,1-2H3. The zero-order valence-electron chi connectivity index (χ0n) is 16.2. The molecule has 0 radical (unpaired) electrons. The van der Waals surface area contributed by atoms with Gasteiger partial charge >= 0.3 is 0 Å². The van der Waals surface area contributed by atoms with Crippen molar-refractivity contribution in [2.75, 3.05) is 31.5 Å². The van der Waals surface area contributed by atoms with Crippen molar-refractivity contribution >= 4 is 11.6 Å². The maximum atomic E-state index is 12.9. The Hall–Kier alpha value is -1.56. The molecule has 1 N–H and O–H groups in total. The van der Waals surface area contributed by atoms with Gasteiger partial charge in [0, 0.05) is 44.2 Å². The largest absolute Gasteiger partial charge is 0.378 e. The molecule has 0 unspecified atom stereocenters. The van der Waals surface area contributed by atoms with Crippen LogP contribution in [0.3, 0.4) is 0 Å². The number of piperazine rings is 1. The van der Waals surface area contributed by atoms with Gasteiger partial charge in [-0.25, -0.2) is 0 Å². The van der Waals surface area contributed by atoms with Crippen LogP contribution in [0.1, 0.15) is 56.4 Å². The molecule has 0 bridgehead atoms. The molecule has 144 valence electrons. The minimum absolute atomic E-state index is 0.216. The third kappa shape index (κ3) is 3.61. The molecule has 3 fully saturated rings. The summed E-state index contributed by atoms with van der Waals surface area (Å²) in [5, 5.41) is 7.59. The molecule has 2 saturated carbocycles. The van der Waals surface area contributed by atoms with Gasteiger partial charge in [-0.15, -0.1) is 0 Å². The highest BCUT2D eigenvalue weighted by Crippen LogP contribution is 2.31. The summed E-state index contributed by atoms with van der Waals surface area (Å²) in [6.45, 7) is 7.90. The van der Waals surface area contributed by atoms with E-state index in [1.54, 1.807) is 0 Å². The zero-order chi connectivity index (χ0) is 18.1. The topological polar surface area (TPSA) is 61.6 Å². The van der Waals surface area contributed by atoms with Crippen LogP contribution in [0.2, 0.25) is 0 Å². The first kappa shape index (κ1) is 17.8. The van der Waals surface area contributed by atoms with Gasteiger partial charge in [0.15, 0.2) is 5.76 Å². The molecule has 0 aromatic carbocycles. The molecule has 1 amide bonds. The molecule has 2 heterocycles. The van der Waals surface area contributed by atoms with Gasteiger partial charge in [0.1, 0.15) is 11.4 Å². The summed E-state index contributed by atoms with van der Waals surface area (Å²) >= 11 is 0. The van der Waals surface area contributed by atoms with E-state index in [1.807, 2.05) is 13.8 Å². The Morgan fingerprint density at radius 3 is 2.27 bits per heavy atom. The van der Waals surface area contributed by atoms with Crippen molar-refractivity contribution in [3.8, 4) is 0 Å². The van der Waals surface area contributed by atoms with E-state index in [-0.39, 0.29) is 5.92 Å². The summed E-state index contributed by atoms with van der Waals surface area (Å²) in [4.78, 5) is 17.6. The summed E-state index contributed by atoms with van der Waals surface area (Å²) in [7, 11) is 0. The monoisotopic (exact) mass is 360 g/mol. The van der Waals surface area contributed by atoms with Gasteiger partial charge in [-0.1, -0.05) is 11.6 Å². The molecule has 6 nitrogen and oxygen atoms in total. The number of carbonyl (C=O) groups is 1. The second-order valence-electron chi connectivity index (χ2n) is 8.34. The molecule has 1 aromatic heterocycles. The second kappa shape index (κ2) is 7.59. The van der Waals surface area contributed by atoms with Crippen LogP contribution in [-0.2, 0) is 4.79 Å². The Bertz CT molecular complexity index is 604. The quantitative estimate of drug-likeness (QED) is 0.894. The van der Waals surface area contributed by atoms with E-state index in [4.69, 9.17) is 4.52 Å². The molecule has 1 aromatic rings. The maximum Gasteiger partial charge on any atom is 0.225 e. The van der Waals surface area contributed by atoms with Crippen molar-refractivity contribution in [1.29, 1.82) is 0 Å². The number of anilines is 1. The Morgan fingerprint density at radius 2 is 1.73 bits per heavy atom. The number of hydrogen-bond donors (Lipinski definition) is 1. The highest BCUT2D eigenvalue weighted by Gasteiger charge is 2.33. The number of aryl methyl sites for hydroxylation is 2. The Kier molecular flexibility index (Phi) is 5.20. The van der Waals surface area contributed by atoms with Crippen LogP contribution in [-0.4, -0.2) is 59.1 Å². The molecule has 1 saturated heterocycles. The van der Waals surface area contributed by atoms with E-state index in [2.05, 4.69) is 20.3 Å². The van der Waals surface area contributed by atoms with Gasteiger partial charge in [-0.2, -0.15) is 0 Å². The molecule has 0 spiro atoms. The summed E-state index contributed by atoms with van der Waals surface area (Å²) in [6, 6.07) is 1.23. The molecule has 1 aliphatic heterocycles. The van der Waals surface area contributed by atoms with Crippen LogP contribution in [0.15, 0.2) is 4.52 Å². The van der Waals surface area contributed by atoms with E-state index in [1.165, 1.54) is 19.3 Å². The average molecular weight is 361 g/mol. The fourth-order valence-electron chi connectivity index (χ4n) is 4.70. The highest BCUT2D eigenvalue weighted by molar-refractivity contribution is 5.79. The van der Waals surface area contributed by atoms with Gasteiger partial charge in [0.25, 0.3) is 0 Å². The predicted molar refractivity (Wildman–Crippen MR) is 101 cm³/mol. The zero-order valence-corrected chi connectivity index (χ0v) is 16.2. The van der Waals surface area contributed by atoms with Crippen LogP contribution in [0.5, 0.6) is 0 Å². The number of amides is 1. The van der Waals surface area contributed by atoms with Gasteiger partial charge in [-0.3, -0.25) is 9.69 Å². The lowest BCUT2D eigenvalue weighted by molar-refractivity contribution is -0.139. The molecule has 0 atom stereocenters. The van der Waals surface area contributed by atoms with Crippen molar-refractivity contribution < 1.29 is 9.32 Å². The van der Waals surface area contributed by atoms with E-state index < -0.39 is 0 Å². The highest BCUT2D eigenvalue weighted by atomic mass is 16.5. The van der Waals surface area contributed by atoms with Gasteiger partial charge in [-0.05, 0) is 52.4 Å². The van der Waals surface area contributed by atoms with Gasteiger partial charge in [0.2, 0.25) is 5.91 Å². The number of nitrogens with zero attached hydrogens (tertiary/aromatic N) is 3. The molecule has 26 heavy (non-hydrogen) atoms. The first-order valence-corrected chi connectivity index (χ1v) is 10.3. The summed E-state index contributed by atoms with van der Waals surface area (Å²) < 4.78 is 5.24. The molecule has 2 aliphatic carbocycles. The SMILES string of the molecule is Cc1noc(C)c1NC1CCC(C(=O)N2CCN(C3CCC3)CC2)CC1. The van der Waals surface area contributed by atoms with Crippen molar-refractivity contribution in [3.05, 3.63) is 11.5 Å². The molecule has 3 aliphatic rings. The van der Waals surface area contributed by atoms with Crippen LogP contribution < -0.4 is 5.32 Å². The van der Waals surface area contributed by atoms with Crippen LogP contribution in [0.25, 0.3) is 0 Å². The average Bonchev–Trinajstić information content (AvgIpc) is 2.93. The summed E-state index contributed by atoms with van der Waals surface area (Å²) in [6.07, 6.45) is 8.16. The van der Waals surface area contributed by atoms with E-state index in [0.717, 1.165) is 75.0 Å². The third-order valence-corrected chi connectivity index (χ3v) is 6.68. The Labute approximate surface area is 156 Å². The lowest BCUT2D eigenvalue weighted by Gasteiger charge is -2.44. The number of carbonyl (C=O) groups excluding carboxylic acids is 1. The number of rotatable bonds is 4. The van der Waals surface area contributed by atoms with Crippen LogP contribution in [0.4, 0.5) is 5.69 Å². The Balaban J connectivity index is 1.23. The summed E-state index contributed by atoms with van der Waals surface area (Å²) in [5.74, 6) is 1.46. The van der Waals surface area contributed by atoms with Crippen molar-refractivity contribution in [2.24, 2.45) is 5.92 Å². The maximum absolute atomic E-state index is 12.9. The lowest BCUT2D eigenvalue weighted by Crippen LogP contribution is -2.54. The molecular formula is C20H32N4O2. The fourth-order valence-corrected chi connectivity index (χ4v) is 4.70. The third-order valence-electron chi connectivity index (χ3n) is 6.68. The second-order valence-corrected chi connectivity index (χ2v) is 8.34. The minimum Gasteiger partial charge on any atom is -0.378 e. The van der Waals surface area contributed by atoms with E-state index in [0.29, 0.717) is 11.9 Å². The molecule has 6 heteroatoms. The number of hydrogen-bond acceptors (Lipinski definition) is 5. The van der Waals surface area contributed by atoms with Crippen molar-refractivity contribution in [3.63, 3.8) is 0 Å². The van der Waals surface area contributed by atoms with E-state index >= 15 is 0 Å². The lowest BCUT2D eigenvalue weighted by atomic mass is 9.84. The van der Waals surface area contributed by atoms with Crippen LogP contribution >= 0.6 is 0 Å². The normalized spacial score (nSPS) is 28.0. The molecular weight excluding hydrogens is 328 g/mol.